The number of carbonyl (C=O) groups excluding carboxylic acids is 1. The first-order valence-electron chi connectivity index (χ1n) is 9.13. The van der Waals surface area contributed by atoms with E-state index in [1.54, 1.807) is 13.8 Å². The molecule has 1 heterocycles. The van der Waals surface area contributed by atoms with E-state index in [2.05, 4.69) is 6.58 Å². The van der Waals surface area contributed by atoms with Gasteiger partial charge >= 0.3 is 17.8 Å². The number of rotatable bonds is 7. The molecule has 7 nitrogen and oxygen atoms in total. The van der Waals surface area contributed by atoms with Gasteiger partial charge in [0.05, 0.1) is 17.3 Å². The van der Waals surface area contributed by atoms with Crippen LogP contribution in [0, 0.1) is 5.82 Å². The summed E-state index contributed by atoms with van der Waals surface area (Å²) in [5.74, 6) is -2.17. The molecule has 174 valence electrons. The lowest BCUT2D eigenvalue weighted by molar-refractivity contribution is -0.145. The fraction of sp³-hybridized carbons (Fsp3) is 0.350. The van der Waals surface area contributed by atoms with Crippen LogP contribution in [0.2, 0.25) is 5.02 Å². The summed E-state index contributed by atoms with van der Waals surface area (Å²) in [5, 5.41) is -0.288. The summed E-state index contributed by atoms with van der Waals surface area (Å²) in [5.41, 5.74) is -4.74. The molecule has 0 aliphatic carbocycles. The highest BCUT2D eigenvalue weighted by atomic mass is 35.5. The average Bonchev–Trinajstić information content (AvgIpc) is 2.65. The number of aromatic nitrogens is 2. The molecule has 0 N–H and O–H groups in total. The summed E-state index contributed by atoms with van der Waals surface area (Å²) in [6, 6.07) is 0.905. The van der Waals surface area contributed by atoms with Crippen LogP contribution in [0.25, 0.3) is 5.69 Å². The molecule has 0 saturated heterocycles. The zero-order valence-corrected chi connectivity index (χ0v) is 18.1. The van der Waals surface area contributed by atoms with Crippen molar-refractivity contribution in [1.29, 1.82) is 0 Å². The number of hydrogen-bond acceptors (Lipinski definition) is 5. The molecule has 2 aromatic rings. The molecular formula is C20H19ClF4N2O5. The molecule has 0 unspecified atom stereocenters. The Kier molecular flexibility index (Phi) is 7.55. The van der Waals surface area contributed by atoms with Crippen LogP contribution in [0.5, 0.6) is 5.75 Å². The quantitative estimate of drug-likeness (QED) is 0.346. The Labute approximate surface area is 184 Å². The minimum atomic E-state index is -4.99. The van der Waals surface area contributed by atoms with Crippen LogP contribution in [-0.2, 0) is 29.2 Å². The molecule has 32 heavy (non-hydrogen) atoms. The first kappa shape index (κ1) is 25.2. The Morgan fingerprint density at radius 1 is 1.25 bits per heavy atom. The SMILES string of the molecule is C=C(C)Cc1c(OCC(=O)OCC)c(Cl)cc(F)c1-n1c(=O)cc(C(F)(F)F)n(C)c1=O. The van der Waals surface area contributed by atoms with Crippen molar-refractivity contribution >= 4 is 17.6 Å². The van der Waals surface area contributed by atoms with E-state index in [0.717, 1.165) is 13.1 Å². The molecule has 1 aromatic carbocycles. The lowest BCUT2D eigenvalue weighted by Gasteiger charge is -2.20. The first-order chi connectivity index (χ1) is 14.8. The topological polar surface area (TPSA) is 79.5 Å². The third kappa shape index (κ3) is 5.21. The minimum Gasteiger partial charge on any atom is -0.480 e. The fourth-order valence-electron chi connectivity index (χ4n) is 2.94. The lowest BCUT2D eigenvalue weighted by Crippen LogP contribution is -2.41. The van der Waals surface area contributed by atoms with Gasteiger partial charge in [-0.2, -0.15) is 13.2 Å². The number of halogens is 5. The molecule has 0 fully saturated rings. The maximum absolute atomic E-state index is 15.0. The summed E-state index contributed by atoms with van der Waals surface area (Å²) in [7, 11) is 0.797. The van der Waals surface area contributed by atoms with E-state index in [-0.39, 0.29) is 44.6 Å². The van der Waals surface area contributed by atoms with Gasteiger partial charge in [0.15, 0.2) is 6.61 Å². The number of benzene rings is 1. The molecule has 1 aromatic heterocycles. The second-order valence-corrected chi connectivity index (χ2v) is 7.17. The zero-order valence-electron chi connectivity index (χ0n) is 17.3. The van der Waals surface area contributed by atoms with E-state index in [0.29, 0.717) is 5.57 Å². The molecule has 2 rings (SSSR count). The van der Waals surface area contributed by atoms with Crippen LogP contribution >= 0.6 is 11.6 Å². The second-order valence-electron chi connectivity index (χ2n) is 6.77. The molecule has 0 aliphatic heterocycles. The van der Waals surface area contributed by atoms with Crippen molar-refractivity contribution in [3.05, 3.63) is 67.2 Å². The number of ether oxygens (including phenoxy) is 2. The smallest absolute Gasteiger partial charge is 0.431 e. The molecule has 0 spiro atoms. The van der Waals surface area contributed by atoms with Crippen LogP contribution in [0.15, 0.2) is 33.9 Å². The van der Waals surface area contributed by atoms with Gasteiger partial charge in [0.25, 0.3) is 5.56 Å². The van der Waals surface area contributed by atoms with E-state index >= 15 is 0 Å². The van der Waals surface area contributed by atoms with E-state index in [4.69, 9.17) is 21.1 Å². The normalized spacial score (nSPS) is 11.4. The van der Waals surface area contributed by atoms with Gasteiger partial charge in [-0.15, -0.1) is 0 Å². The third-order valence-corrected chi connectivity index (χ3v) is 4.49. The Balaban J connectivity index is 2.84. The highest BCUT2D eigenvalue weighted by Gasteiger charge is 2.35. The van der Waals surface area contributed by atoms with Gasteiger partial charge in [0.1, 0.15) is 17.3 Å². The second kappa shape index (κ2) is 9.60. The van der Waals surface area contributed by atoms with E-state index in [1.807, 2.05) is 0 Å². The number of alkyl halides is 3. The molecule has 12 heteroatoms. The standard InChI is InChI=1S/C20H19ClF4N2O5/c1-5-31-16(29)9-32-18-11(6-10(2)3)17(13(22)7-12(18)21)27-15(28)8-14(20(23,24)25)26(4)19(27)30/h7-8H,2,5-6,9H2,1,3-4H3. The van der Waals surface area contributed by atoms with Crippen molar-refractivity contribution in [3.63, 3.8) is 0 Å². The monoisotopic (exact) mass is 478 g/mol. The summed E-state index contributed by atoms with van der Waals surface area (Å²) >= 11 is 6.07. The maximum Gasteiger partial charge on any atom is 0.431 e. The van der Waals surface area contributed by atoms with Crippen molar-refractivity contribution in [2.24, 2.45) is 7.05 Å². The van der Waals surface area contributed by atoms with Crippen molar-refractivity contribution in [2.45, 2.75) is 26.4 Å². The molecule has 0 aliphatic rings. The summed E-state index contributed by atoms with van der Waals surface area (Å²) < 4.78 is 65.0. The maximum atomic E-state index is 15.0. The summed E-state index contributed by atoms with van der Waals surface area (Å²) in [6.45, 7) is 6.25. The van der Waals surface area contributed by atoms with Gasteiger partial charge in [-0.3, -0.25) is 9.36 Å². The fourth-order valence-corrected chi connectivity index (χ4v) is 3.21. The van der Waals surface area contributed by atoms with Crippen molar-refractivity contribution in [2.75, 3.05) is 13.2 Å². The van der Waals surface area contributed by atoms with E-state index in [9.17, 15) is 31.9 Å². The van der Waals surface area contributed by atoms with E-state index < -0.39 is 47.2 Å². The van der Waals surface area contributed by atoms with Crippen LogP contribution in [-0.4, -0.2) is 28.3 Å². The Hall–Kier alpha value is -3.08. The Morgan fingerprint density at radius 2 is 1.88 bits per heavy atom. The largest absolute Gasteiger partial charge is 0.480 e. The van der Waals surface area contributed by atoms with Crippen molar-refractivity contribution in [3.8, 4) is 11.4 Å². The van der Waals surface area contributed by atoms with E-state index in [1.165, 1.54) is 0 Å². The first-order valence-corrected chi connectivity index (χ1v) is 9.51. The molecule has 0 atom stereocenters. The van der Waals surface area contributed by atoms with Crippen molar-refractivity contribution < 1.29 is 31.8 Å². The molecule has 0 amide bonds. The number of allylic oxidation sites excluding steroid dienone is 1. The Morgan fingerprint density at radius 3 is 2.41 bits per heavy atom. The summed E-state index contributed by atoms with van der Waals surface area (Å²) in [6.07, 6.45) is -5.15. The number of carbonyl (C=O) groups is 1. The average molecular weight is 479 g/mol. The predicted molar refractivity (Wildman–Crippen MR) is 108 cm³/mol. The molecule has 0 bridgehead atoms. The summed E-state index contributed by atoms with van der Waals surface area (Å²) in [4.78, 5) is 36.9. The van der Waals surface area contributed by atoms with Crippen molar-refractivity contribution in [1.82, 2.24) is 9.13 Å². The molecule has 0 saturated carbocycles. The number of nitrogens with zero attached hydrogens (tertiary/aromatic N) is 2. The van der Waals surface area contributed by atoms with Gasteiger partial charge < -0.3 is 9.47 Å². The van der Waals surface area contributed by atoms with Gasteiger partial charge in [0, 0.05) is 18.7 Å². The van der Waals surface area contributed by atoms with Gasteiger partial charge in [0.2, 0.25) is 0 Å². The van der Waals surface area contributed by atoms with Gasteiger partial charge in [-0.1, -0.05) is 23.8 Å². The number of esters is 1. The third-order valence-electron chi connectivity index (χ3n) is 4.21. The van der Waals surface area contributed by atoms with Crippen LogP contribution in [0.4, 0.5) is 17.6 Å². The van der Waals surface area contributed by atoms with Gasteiger partial charge in [-0.05, 0) is 26.3 Å². The van der Waals surface area contributed by atoms with Crippen LogP contribution in [0.3, 0.4) is 0 Å². The molecular weight excluding hydrogens is 460 g/mol. The lowest BCUT2D eigenvalue weighted by atomic mass is 10.0. The highest BCUT2D eigenvalue weighted by molar-refractivity contribution is 6.32. The van der Waals surface area contributed by atoms with Gasteiger partial charge in [-0.25, -0.2) is 18.5 Å². The Bertz CT molecular complexity index is 1180. The number of hydrogen-bond donors (Lipinski definition) is 0. The predicted octanol–water partition coefficient (Wildman–Crippen LogP) is 3.41. The zero-order chi connectivity index (χ0) is 24.4. The molecule has 0 radical (unpaired) electrons. The van der Waals surface area contributed by atoms with Crippen LogP contribution < -0.4 is 16.0 Å². The van der Waals surface area contributed by atoms with Crippen LogP contribution in [0.1, 0.15) is 25.1 Å². The minimum absolute atomic E-state index is 0.0696. The highest BCUT2D eigenvalue weighted by Crippen LogP contribution is 2.36.